The Labute approximate surface area is 201 Å². The van der Waals surface area contributed by atoms with E-state index >= 15 is 0 Å². The molecule has 0 spiro atoms. The van der Waals surface area contributed by atoms with E-state index in [1.165, 1.54) is 31.4 Å². The Morgan fingerprint density at radius 3 is 2.33 bits per heavy atom. The number of aryl methyl sites for hydroxylation is 1. The van der Waals surface area contributed by atoms with Crippen LogP contribution in [0.15, 0.2) is 66.2 Å². The first-order chi connectivity index (χ1) is 15.8. The van der Waals surface area contributed by atoms with Crippen LogP contribution in [0.25, 0.3) is 6.08 Å². The first kappa shape index (κ1) is 23.9. The molecule has 6 nitrogen and oxygen atoms in total. The van der Waals surface area contributed by atoms with Gasteiger partial charge >= 0.3 is 5.97 Å². The molecular formula is C25H18Cl2N2O4. The molecule has 8 heteroatoms. The molecule has 3 aromatic carbocycles. The van der Waals surface area contributed by atoms with Crippen molar-refractivity contribution in [3.05, 3.63) is 93.0 Å². The monoisotopic (exact) mass is 480 g/mol. The number of ether oxygens (including phenoxy) is 2. The molecule has 0 unspecified atom stereocenters. The summed E-state index contributed by atoms with van der Waals surface area (Å²) in [4.78, 5) is 24.9. The molecule has 3 rings (SSSR count). The lowest BCUT2D eigenvalue weighted by Crippen LogP contribution is -2.13. The average Bonchev–Trinajstić information content (AvgIpc) is 2.80. The summed E-state index contributed by atoms with van der Waals surface area (Å²) in [6.45, 7) is 1.92. The van der Waals surface area contributed by atoms with Crippen molar-refractivity contribution in [3.8, 4) is 17.6 Å². The molecule has 0 aliphatic carbocycles. The number of nitriles is 1. The molecule has 0 atom stereocenters. The minimum absolute atomic E-state index is 0.146. The number of benzene rings is 3. The average molecular weight is 481 g/mol. The Morgan fingerprint density at radius 2 is 1.70 bits per heavy atom. The van der Waals surface area contributed by atoms with E-state index in [2.05, 4.69) is 5.32 Å². The molecule has 1 amide bonds. The van der Waals surface area contributed by atoms with Crippen molar-refractivity contribution in [2.24, 2.45) is 0 Å². The number of halogens is 2. The zero-order chi connectivity index (χ0) is 24.0. The zero-order valence-electron chi connectivity index (χ0n) is 17.7. The maximum atomic E-state index is 12.5. The molecule has 0 saturated carbocycles. The van der Waals surface area contributed by atoms with Crippen molar-refractivity contribution in [2.75, 3.05) is 12.4 Å². The van der Waals surface area contributed by atoms with E-state index in [1.54, 1.807) is 30.3 Å². The van der Waals surface area contributed by atoms with Gasteiger partial charge in [0.15, 0.2) is 11.5 Å². The number of anilines is 1. The maximum absolute atomic E-state index is 12.5. The Bertz CT molecular complexity index is 1280. The predicted octanol–water partition coefficient (Wildman–Crippen LogP) is 6.08. The highest BCUT2D eigenvalue weighted by atomic mass is 35.5. The van der Waals surface area contributed by atoms with Gasteiger partial charge in [0.1, 0.15) is 11.6 Å². The molecule has 1 N–H and O–H groups in total. The second-order valence-electron chi connectivity index (χ2n) is 6.92. The molecule has 0 aromatic heterocycles. The lowest BCUT2D eigenvalue weighted by molar-refractivity contribution is -0.112. The molecule has 3 aromatic rings. The van der Waals surface area contributed by atoms with Crippen LogP contribution in [0.4, 0.5) is 5.69 Å². The number of nitrogens with zero attached hydrogens (tertiary/aromatic N) is 1. The first-order valence-corrected chi connectivity index (χ1v) is 10.4. The van der Waals surface area contributed by atoms with Crippen LogP contribution in [-0.2, 0) is 4.79 Å². The van der Waals surface area contributed by atoms with Crippen molar-refractivity contribution in [1.82, 2.24) is 0 Å². The van der Waals surface area contributed by atoms with Crippen LogP contribution in [0.5, 0.6) is 11.5 Å². The SMILES string of the molecule is COc1cc(/C=C(\C#N)C(=O)Nc2ccc(Cl)c(Cl)c2)ccc1OC(=O)c1ccc(C)cc1. The summed E-state index contributed by atoms with van der Waals surface area (Å²) in [6.07, 6.45) is 1.39. The maximum Gasteiger partial charge on any atom is 0.343 e. The number of esters is 1. The van der Waals surface area contributed by atoms with Gasteiger partial charge in [-0.05, 0) is 61.0 Å². The van der Waals surface area contributed by atoms with E-state index in [0.29, 0.717) is 21.8 Å². The van der Waals surface area contributed by atoms with Gasteiger partial charge in [0.25, 0.3) is 5.91 Å². The summed E-state index contributed by atoms with van der Waals surface area (Å²) in [5, 5.41) is 12.7. The molecule has 0 bridgehead atoms. The van der Waals surface area contributed by atoms with Gasteiger partial charge in [-0.3, -0.25) is 4.79 Å². The van der Waals surface area contributed by atoms with Crippen molar-refractivity contribution < 1.29 is 19.1 Å². The van der Waals surface area contributed by atoms with Crippen molar-refractivity contribution in [3.63, 3.8) is 0 Å². The largest absolute Gasteiger partial charge is 0.493 e. The van der Waals surface area contributed by atoms with Crippen LogP contribution < -0.4 is 14.8 Å². The Balaban J connectivity index is 1.79. The number of methoxy groups -OCH3 is 1. The van der Waals surface area contributed by atoms with E-state index in [0.717, 1.165) is 5.56 Å². The van der Waals surface area contributed by atoms with Gasteiger partial charge in [0.2, 0.25) is 0 Å². The molecule has 0 fully saturated rings. The summed E-state index contributed by atoms with van der Waals surface area (Å²) in [5.41, 5.74) is 2.18. The van der Waals surface area contributed by atoms with Crippen LogP contribution in [0.2, 0.25) is 10.0 Å². The molecular weight excluding hydrogens is 463 g/mol. The van der Waals surface area contributed by atoms with Gasteiger partial charge in [-0.15, -0.1) is 0 Å². The topological polar surface area (TPSA) is 88.4 Å². The summed E-state index contributed by atoms with van der Waals surface area (Å²) < 4.78 is 10.8. The van der Waals surface area contributed by atoms with Crippen LogP contribution >= 0.6 is 23.2 Å². The number of hydrogen-bond donors (Lipinski definition) is 1. The fourth-order valence-corrected chi connectivity index (χ4v) is 3.09. The summed E-state index contributed by atoms with van der Waals surface area (Å²) in [7, 11) is 1.42. The third kappa shape index (κ3) is 6.13. The van der Waals surface area contributed by atoms with Gasteiger partial charge in [-0.25, -0.2) is 4.79 Å². The molecule has 0 radical (unpaired) electrons. The van der Waals surface area contributed by atoms with Crippen molar-refractivity contribution in [1.29, 1.82) is 5.26 Å². The standard InChI is InChI=1S/C25H18Cl2N2O4/c1-15-3-6-17(7-4-15)25(31)33-22-10-5-16(12-23(22)32-2)11-18(14-28)24(30)29-19-8-9-20(26)21(27)13-19/h3-13H,1-2H3,(H,29,30)/b18-11+. The number of hydrogen-bond acceptors (Lipinski definition) is 5. The Hall–Kier alpha value is -3.79. The molecule has 0 heterocycles. The fraction of sp³-hybridized carbons (Fsp3) is 0.0800. The quantitative estimate of drug-likeness (QED) is 0.200. The lowest BCUT2D eigenvalue weighted by atomic mass is 10.1. The lowest BCUT2D eigenvalue weighted by Gasteiger charge is -2.10. The summed E-state index contributed by atoms with van der Waals surface area (Å²) in [5.74, 6) is -0.676. The zero-order valence-corrected chi connectivity index (χ0v) is 19.2. The molecule has 33 heavy (non-hydrogen) atoms. The number of amides is 1. The minimum Gasteiger partial charge on any atom is -0.493 e. The number of rotatable bonds is 6. The van der Waals surface area contributed by atoms with E-state index < -0.39 is 11.9 Å². The van der Waals surface area contributed by atoms with Crippen molar-refractivity contribution >= 4 is 46.8 Å². The van der Waals surface area contributed by atoms with Gasteiger partial charge in [0.05, 0.1) is 22.7 Å². The highest BCUT2D eigenvalue weighted by Crippen LogP contribution is 2.30. The molecule has 0 aliphatic heterocycles. The minimum atomic E-state index is -0.621. The van der Waals surface area contributed by atoms with Crippen LogP contribution in [0.1, 0.15) is 21.5 Å². The van der Waals surface area contributed by atoms with Gasteiger partial charge in [-0.2, -0.15) is 5.26 Å². The van der Waals surface area contributed by atoms with Crippen LogP contribution in [0.3, 0.4) is 0 Å². The second kappa shape index (κ2) is 10.7. The number of carbonyl (C=O) groups excluding carboxylic acids is 2. The van der Waals surface area contributed by atoms with Crippen LogP contribution in [0, 0.1) is 18.3 Å². The second-order valence-corrected chi connectivity index (χ2v) is 7.73. The van der Waals surface area contributed by atoms with Gasteiger partial charge in [0, 0.05) is 5.69 Å². The van der Waals surface area contributed by atoms with E-state index in [1.807, 2.05) is 25.1 Å². The predicted molar refractivity (Wildman–Crippen MR) is 128 cm³/mol. The summed E-state index contributed by atoms with van der Waals surface area (Å²) >= 11 is 11.8. The Morgan fingerprint density at radius 1 is 0.970 bits per heavy atom. The highest BCUT2D eigenvalue weighted by Gasteiger charge is 2.15. The first-order valence-electron chi connectivity index (χ1n) is 9.66. The third-order valence-electron chi connectivity index (χ3n) is 4.53. The molecule has 0 saturated heterocycles. The smallest absolute Gasteiger partial charge is 0.343 e. The summed E-state index contributed by atoms with van der Waals surface area (Å²) in [6, 6.07) is 18.1. The Kier molecular flexibility index (Phi) is 7.73. The van der Waals surface area contributed by atoms with E-state index in [-0.39, 0.29) is 22.1 Å². The van der Waals surface area contributed by atoms with Crippen LogP contribution in [-0.4, -0.2) is 19.0 Å². The number of carbonyl (C=O) groups is 2. The fourth-order valence-electron chi connectivity index (χ4n) is 2.79. The highest BCUT2D eigenvalue weighted by molar-refractivity contribution is 6.42. The van der Waals surface area contributed by atoms with E-state index in [9.17, 15) is 14.9 Å². The molecule has 0 aliphatic rings. The van der Waals surface area contributed by atoms with E-state index in [4.69, 9.17) is 32.7 Å². The molecule has 166 valence electrons. The normalized spacial score (nSPS) is 10.8. The van der Waals surface area contributed by atoms with Gasteiger partial charge < -0.3 is 14.8 Å². The van der Waals surface area contributed by atoms with Crippen molar-refractivity contribution in [2.45, 2.75) is 6.92 Å². The number of nitrogens with one attached hydrogen (secondary N) is 1. The third-order valence-corrected chi connectivity index (χ3v) is 5.27. The van der Waals surface area contributed by atoms with Gasteiger partial charge in [-0.1, -0.05) is 47.0 Å².